The minimum absolute atomic E-state index is 0.297. The molecule has 0 unspecified atom stereocenters. The summed E-state index contributed by atoms with van der Waals surface area (Å²) in [5.41, 5.74) is 2.89. The average molecular weight is 327 g/mol. The molecular formula is C14H13BrClNO. The fraction of sp³-hybridized carbons (Fsp3) is 0.143. The lowest BCUT2D eigenvalue weighted by atomic mass is 10.1. The van der Waals surface area contributed by atoms with Gasteiger partial charge in [0.05, 0.1) is 15.2 Å². The van der Waals surface area contributed by atoms with Gasteiger partial charge in [-0.05, 0) is 41.1 Å². The third kappa shape index (κ3) is 2.98. The van der Waals surface area contributed by atoms with Gasteiger partial charge in [-0.2, -0.15) is 0 Å². The Morgan fingerprint density at radius 2 is 2.06 bits per heavy atom. The molecule has 0 aliphatic heterocycles. The lowest BCUT2D eigenvalue weighted by Crippen LogP contribution is -2.00. The standard InChI is InChI=1S/C14H13BrClNO/c1-9-5-6-13(18)10(7-9)8-17-12-4-2-3-11(16)14(12)15/h2-7,17-18H,8H2,1H3. The van der Waals surface area contributed by atoms with E-state index in [1.54, 1.807) is 6.07 Å². The third-order valence-electron chi connectivity index (χ3n) is 2.66. The minimum Gasteiger partial charge on any atom is -0.508 e. The first-order valence-electron chi connectivity index (χ1n) is 5.54. The number of halogens is 2. The SMILES string of the molecule is Cc1ccc(O)c(CNc2cccc(Cl)c2Br)c1. The highest BCUT2D eigenvalue weighted by atomic mass is 79.9. The molecule has 2 aromatic carbocycles. The van der Waals surface area contributed by atoms with Gasteiger partial charge in [-0.1, -0.05) is 35.4 Å². The number of hydrogen-bond donors (Lipinski definition) is 2. The quantitative estimate of drug-likeness (QED) is 0.854. The zero-order valence-electron chi connectivity index (χ0n) is 9.87. The number of aryl methyl sites for hydroxylation is 1. The summed E-state index contributed by atoms with van der Waals surface area (Å²) in [6.45, 7) is 2.55. The van der Waals surface area contributed by atoms with Gasteiger partial charge in [-0.25, -0.2) is 0 Å². The van der Waals surface area contributed by atoms with E-state index in [2.05, 4.69) is 21.2 Å². The number of hydrogen-bond acceptors (Lipinski definition) is 2. The van der Waals surface area contributed by atoms with Crippen molar-refractivity contribution in [2.75, 3.05) is 5.32 Å². The van der Waals surface area contributed by atoms with Crippen molar-refractivity contribution in [2.24, 2.45) is 0 Å². The molecule has 2 rings (SSSR count). The molecule has 0 aromatic heterocycles. The molecule has 0 bridgehead atoms. The van der Waals surface area contributed by atoms with Crippen LogP contribution in [0.2, 0.25) is 5.02 Å². The fourth-order valence-corrected chi connectivity index (χ4v) is 2.27. The zero-order valence-corrected chi connectivity index (χ0v) is 12.2. The molecule has 0 aliphatic rings. The van der Waals surface area contributed by atoms with Crippen molar-refractivity contribution in [1.82, 2.24) is 0 Å². The van der Waals surface area contributed by atoms with Crippen LogP contribution in [0.1, 0.15) is 11.1 Å². The molecular weight excluding hydrogens is 314 g/mol. The number of phenols is 1. The first-order valence-corrected chi connectivity index (χ1v) is 6.71. The van der Waals surface area contributed by atoms with E-state index >= 15 is 0 Å². The summed E-state index contributed by atoms with van der Waals surface area (Å²) in [6, 6.07) is 11.2. The largest absolute Gasteiger partial charge is 0.508 e. The van der Waals surface area contributed by atoms with Crippen LogP contribution in [0.5, 0.6) is 5.75 Å². The van der Waals surface area contributed by atoms with Gasteiger partial charge in [0, 0.05) is 12.1 Å². The van der Waals surface area contributed by atoms with E-state index in [1.807, 2.05) is 37.3 Å². The lowest BCUT2D eigenvalue weighted by Gasteiger charge is -2.11. The van der Waals surface area contributed by atoms with Crippen LogP contribution in [0.15, 0.2) is 40.9 Å². The van der Waals surface area contributed by atoms with Gasteiger partial charge in [0.2, 0.25) is 0 Å². The number of phenolic OH excluding ortho intramolecular Hbond substituents is 1. The van der Waals surface area contributed by atoms with Crippen molar-refractivity contribution >= 4 is 33.2 Å². The zero-order chi connectivity index (χ0) is 13.1. The van der Waals surface area contributed by atoms with E-state index in [0.717, 1.165) is 21.3 Å². The summed E-state index contributed by atoms with van der Waals surface area (Å²) in [5, 5.41) is 13.7. The summed E-state index contributed by atoms with van der Waals surface area (Å²) >= 11 is 9.45. The van der Waals surface area contributed by atoms with Crippen LogP contribution in [-0.4, -0.2) is 5.11 Å². The van der Waals surface area contributed by atoms with Crippen molar-refractivity contribution in [2.45, 2.75) is 13.5 Å². The molecule has 0 fully saturated rings. The Labute approximate surface area is 120 Å². The fourth-order valence-electron chi connectivity index (χ4n) is 1.69. The number of aromatic hydroxyl groups is 1. The second-order valence-electron chi connectivity index (χ2n) is 4.09. The Kier molecular flexibility index (Phi) is 4.15. The molecule has 2 N–H and O–H groups in total. The summed E-state index contributed by atoms with van der Waals surface area (Å²) < 4.78 is 0.832. The molecule has 0 saturated carbocycles. The molecule has 0 spiro atoms. The Morgan fingerprint density at radius 3 is 2.83 bits per heavy atom. The van der Waals surface area contributed by atoms with Gasteiger partial charge in [-0.3, -0.25) is 0 Å². The summed E-state index contributed by atoms with van der Waals surface area (Å²) in [5.74, 6) is 0.297. The van der Waals surface area contributed by atoms with Crippen molar-refractivity contribution in [3.63, 3.8) is 0 Å². The van der Waals surface area contributed by atoms with Gasteiger partial charge in [0.25, 0.3) is 0 Å². The number of nitrogens with one attached hydrogen (secondary N) is 1. The minimum atomic E-state index is 0.297. The summed E-state index contributed by atoms with van der Waals surface area (Å²) in [4.78, 5) is 0. The maximum atomic E-state index is 9.76. The van der Waals surface area contributed by atoms with E-state index in [0.29, 0.717) is 17.3 Å². The van der Waals surface area contributed by atoms with Crippen LogP contribution in [0.25, 0.3) is 0 Å². The molecule has 0 heterocycles. The third-order valence-corrected chi connectivity index (χ3v) is 4.05. The number of rotatable bonds is 3. The van der Waals surface area contributed by atoms with Gasteiger partial charge >= 0.3 is 0 Å². The molecule has 18 heavy (non-hydrogen) atoms. The molecule has 2 nitrogen and oxygen atoms in total. The second-order valence-corrected chi connectivity index (χ2v) is 5.29. The van der Waals surface area contributed by atoms with E-state index in [1.165, 1.54) is 0 Å². The normalized spacial score (nSPS) is 10.4. The maximum Gasteiger partial charge on any atom is 0.120 e. The monoisotopic (exact) mass is 325 g/mol. The van der Waals surface area contributed by atoms with Crippen molar-refractivity contribution in [3.05, 3.63) is 57.0 Å². The molecule has 2 aromatic rings. The first-order chi connectivity index (χ1) is 8.58. The Morgan fingerprint density at radius 1 is 1.28 bits per heavy atom. The van der Waals surface area contributed by atoms with Crippen LogP contribution in [0, 0.1) is 6.92 Å². The highest BCUT2D eigenvalue weighted by Gasteiger charge is 2.05. The summed E-state index contributed by atoms with van der Waals surface area (Å²) in [7, 11) is 0. The van der Waals surface area contributed by atoms with Gasteiger partial charge in [0.15, 0.2) is 0 Å². The van der Waals surface area contributed by atoms with Crippen LogP contribution in [0.3, 0.4) is 0 Å². The Bertz CT molecular complexity index is 570. The number of anilines is 1. The Hall–Kier alpha value is -1.19. The molecule has 0 radical (unpaired) electrons. The van der Waals surface area contributed by atoms with Crippen molar-refractivity contribution in [1.29, 1.82) is 0 Å². The van der Waals surface area contributed by atoms with Crippen LogP contribution >= 0.6 is 27.5 Å². The van der Waals surface area contributed by atoms with Crippen molar-refractivity contribution < 1.29 is 5.11 Å². The van der Waals surface area contributed by atoms with Gasteiger partial charge in [0.1, 0.15) is 5.75 Å². The number of benzene rings is 2. The highest BCUT2D eigenvalue weighted by Crippen LogP contribution is 2.30. The first kappa shape index (κ1) is 13.2. The van der Waals surface area contributed by atoms with Crippen LogP contribution in [0.4, 0.5) is 5.69 Å². The van der Waals surface area contributed by atoms with E-state index in [-0.39, 0.29) is 0 Å². The van der Waals surface area contributed by atoms with E-state index in [4.69, 9.17) is 11.6 Å². The highest BCUT2D eigenvalue weighted by molar-refractivity contribution is 9.10. The molecule has 0 atom stereocenters. The van der Waals surface area contributed by atoms with Gasteiger partial charge < -0.3 is 10.4 Å². The molecule has 0 aliphatic carbocycles. The van der Waals surface area contributed by atoms with Crippen LogP contribution < -0.4 is 5.32 Å². The predicted octanol–water partition coefficient (Wildman–Crippen LogP) is 4.73. The predicted molar refractivity (Wildman–Crippen MR) is 79.3 cm³/mol. The van der Waals surface area contributed by atoms with Crippen molar-refractivity contribution in [3.8, 4) is 5.75 Å². The second kappa shape index (κ2) is 5.63. The smallest absolute Gasteiger partial charge is 0.120 e. The van der Waals surface area contributed by atoms with Gasteiger partial charge in [-0.15, -0.1) is 0 Å². The maximum absolute atomic E-state index is 9.76. The van der Waals surface area contributed by atoms with Crippen LogP contribution in [-0.2, 0) is 6.54 Å². The summed E-state index contributed by atoms with van der Waals surface area (Å²) in [6.07, 6.45) is 0. The average Bonchev–Trinajstić information content (AvgIpc) is 2.35. The molecule has 0 amide bonds. The molecule has 0 saturated heterocycles. The topological polar surface area (TPSA) is 32.3 Å². The lowest BCUT2D eigenvalue weighted by molar-refractivity contribution is 0.469. The molecule has 4 heteroatoms. The van der Waals surface area contributed by atoms with E-state index in [9.17, 15) is 5.11 Å². The molecule has 94 valence electrons. The van der Waals surface area contributed by atoms with E-state index < -0.39 is 0 Å². The Balaban J connectivity index is 2.16.